The summed E-state index contributed by atoms with van der Waals surface area (Å²) in [7, 11) is 0. The summed E-state index contributed by atoms with van der Waals surface area (Å²) in [6, 6.07) is 8.02. The number of ketones is 1. The van der Waals surface area contributed by atoms with Crippen LogP contribution < -0.4 is 0 Å². The Balaban J connectivity index is 3.25. The van der Waals surface area contributed by atoms with Crippen LogP contribution in [0.1, 0.15) is 26.3 Å². The largest absolute Gasteiger partial charge is 0.419 e. The molecule has 0 aliphatic rings. The first-order chi connectivity index (χ1) is 8.12. The zero-order chi connectivity index (χ0) is 14.0. The second kappa shape index (κ2) is 4.96. The maximum Gasteiger partial charge on any atom is 0.419 e. The van der Waals surface area contributed by atoms with Gasteiger partial charge in [-0.15, -0.1) is 0 Å². The molecule has 0 radical (unpaired) electrons. The van der Waals surface area contributed by atoms with Gasteiger partial charge < -0.3 is 0 Å². The van der Waals surface area contributed by atoms with Gasteiger partial charge >= 0.3 is 6.18 Å². The SMILES string of the molecule is CC(C)(C)C(=O)/C(=C/c1ccccc1)C(F)(F)F. The smallest absolute Gasteiger partial charge is 0.294 e. The van der Waals surface area contributed by atoms with Crippen molar-refractivity contribution in [3.8, 4) is 0 Å². The van der Waals surface area contributed by atoms with E-state index in [1.54, 1.807) is 18.2 Å². The minimum absolute atomic E-state index is 0.363. The van der Waals surface area contributed by atoms with Gasteiger partial charge in [-0.2, -0.15) is 13.2 Å². The predicted molar refractivity (Wildman–Crippen MR) is 64.9 cm³/mol. The van der Waals surface area contributed by atoms with E-state index in [9.17, 15) is 18.0 Å². The van der Waals surface area contributed by atoms with Crippen LogP contribution in [-0.4, -0.2) is 12.0 Å². The predicted octanol–water partition coefficient (Wildman–Crippen LogP) is 4.25. The van der Waals surface area contributed by atoms with Gasteiger partial charge in [0, 0.05) is 5.41 Å². The zero-order valence-corrected chi connectivity index (χ0v) is 10.5. The average Bonchev–Trinajstić information content (AvgIpc) is 2.23. The summed E-state index contributed by atoms with van der Waals surface area (Å²) in [5, 5.41) is 0. The first-order valence-corrected chi connectivity index (χ1v) is 5.51. The van der Waals surface area contributed by atoms with Gasteiger partial charge in [0.1, 0.15) is 0 Å². The van der Waals surface area contributed by atoms with Crippen molar-refractivity contribution in [1.29, 1.82) is 0 Å². The molecular formula is C14H15F3O. The number of rotatable bonds is 2. The lowest BCUT2D eigenvalue weighted by Crippen LogP contribution is -2.29. The van der Waals surface area contributed by atoms with E-state index < -0.39 is 22.9 Å². The monoisotopic (exact) mass is 256 g/mol. The van der Waals surface area contributed by atoms with E-state index in [-0.39, 0.29) is 0 Å². The Kier molecular flexibility index (Phi) is 3.99. The summed E-state index contributed by atoms with van der Waals surface area (Å²) in [5.74, 6) is -0.904. The first kappa shape index (κ1) is 14.5. The summed E-state index contributed by atoms with van der Waals surface area (Å²) < 4.78 is 38.7. The highest BCUT2D eigenvalue weighted by Gasteiger charge is 2.42. The van der Waals surface area contributed by atoms with Crippen molar-refractivity contribution in [3.05, 3.63) is 41.5 Å². The summed E-state index contributed by atoms with van der Waals surface area (Å²) in [4.78, 5) is 11.8. The Hall–Kier alpha value is -1.58. The lowest BCUT2D eigenvalue weighted by Gasteiger charge is -2.20. The van der Waals surface area contributed by atoms with Gasteiger partial charge in [0.05, 0.1) is 5.57 Å². The van der Waals surface area contributed by atoms with Crippen LogP contribution in [0.5, 0.6) is 0 Å². The highest BCUT2D eigenvalue weighted by atomic mass is 19.4. The molecule has 0 spiro atoms. The van der Waals surface area contributed by atoms with Crippen molar-refractivity contribution in [2.24, 2.45) is 5.41 Å². The summed E-state index contributed by atoms with van der Waals surface area (Å²) in [6.45, 7) is 4.42. The maximum atomic E-state index is 12.9. The van der Waals surface area contributed by atoms with Gasteiger partial charge in [0.15, 0.2) is 5.78 Å². The van der Waals surface area contributed by atoms with Crippen LogP contribution in [0.3, 0.4) is 0 Å². The van der Waals surface area contributed by atoms with Crippen molar-refractivity contribution in [2.45, 2.75) is 26.9 Å². The number of hydrogen-bond acceptors (Lipinski definition) is 1. The van der Waals surface area contributed by atoms with Crippen molar-refractivity contribution < 1.29 is 18.0 Å². The molecule has 1 rings (SSSR count). The second-order valence-corrected chi connectivity index (χ2v) is 5.05. The third-order valence-corrected chi connectivity index (χ3v) is 2.34. The molecule has 0 aromatic heterocycles. The number of alkyl halides is 3. The minimum Gasteiger partial charge on any atom is -0.294 e. The van der Waals surface area contributed by atoms with E-state index in [0.717, 1.165) is 6.08 Å². The zero-order valence-electron chi connectivity index (χ0n) is 10.5. The molecule has 0 atom stereocenters. The Bertz CT molecular complexity index is 450. The van der Waals surface area contributed by atoms with Crippen LogP contribution in [0.15, 0.2) is 35.9 Å². The third-order valence-electron chi connectivity index (χ3n) is 2.34. The molecule has 0 saturated heterocycles. The van der Waals surface area contributed by atoms with Crippen LogP contribution in [0, 0.1) is 5.41 Å². The summed E-state index contributed by atoms with van der Waals surface area (Å²) in [5.41, 5.74) is -1.81. The molecule has 0 saturated carbocycles. The fraction of sp³-hybridized carbons (Fsp3) is 0.357. The molecular weight excluding hydrogens is 241 g/mol. The van der Waals surface area contributed by atoms with Gasteiger partial charge in [-0.25, -0.2) is 0 Å². The van der Waals surface area contributed by atoms with E-state index in [2.05, 4.69) is 0 Å². The number of carbonyl (C=O) groups excluding carboxylic acids is 1. The van der Waals surface area contributed by atoms with Crippen LogP contribution in [0.4, 0.5) is 13.2 Å². The Labute approximate surface area is 104 Å². The molecule has 1 aromatic carbocycles. The lowest BCUT2D eigenvalue weighted by molar-refractivity contribution is -0.134. The van der Waals surface area contributed by atoms with E-state index >= 15 is 0 Å². The molecule has 0 aliphatic carbocycles. The normalized spacial score (nSPS) is 13.6. The molecule has 0 aliphatic heterocycles. The molecule has 0 heterocycles. The summed E-state index contributed by atoms with van der Waals surface area (Å²) >= 11 is 0. The standard InChI is InChI=1S/C14H15F3O/c1-13(2,3)12(18)11(14(15,16)17)9-10-7-5-4-6-8-10/h4-9H,1-3H3/b11-9-. The van der Waals surface area contributed by atoms with Crippen LogP contribution in [-0.2, 0) is 4.79 Å². The maximum absolute atomic E-state index is 12.9. The number of carbonyl (C=O) groups is 1. The van der Waals surface area contributed by atoms with E-state index in [4.69, 9.17) is 0 Å². The number of allylic oxidation sites excluding steroid dienone is 1. The molecule has 1 nitrogen and oxygen atoms in total. The second-order valence-electron chi connectivity index (χ2n) is 5.05. The molecule has 0 bridgehead atoms. The number of Topliss-reactive ketones (excluding diaryl/α,β-unsaturated/α-hetero) is 1. The number of hydrogen-bond donors (Lipinski definition) is 0. The van der Waals surface area contributed by atoms with E-state index in [1.807, 2.05) is 0 Å². The van der Waals surface area contributed by atoms with Gasteiger partial charge in [0.25, 0.3) is 0 Å². The molecule has 4 heteroatoms. The Morgan fingerprint density at radius 1 is 1.06 bits per heavy atom. The molecule has 98 valence electrons. The van der Waals surface area contributed by atoms with Gasteiger partial charge in [0.2, 0.25) is 0 Å². The molecule has 0 amide bonds. The molecule has 0 unspecified atom stereocenters. The molecule has 0 N–H and O–H groups in total. The highest BCUT2D eigenvalue weighted by Crippen LogP contribution is 2.33. The number of halogens is 3. The molecule has 1 aromatic rings. The van der Waals surface area contributed by atoms with Crippen molar-refractivity contribution in [1.82, 2.24) is 0 Å². The minimum atomic E-state index is -4.64. The van der Waals surface area contributed by atoms with Crippen LogP contribution >= 0.6 is 0 Å². The Morgan fingerprint density at radius 2 is 1.56 bits per heavy atom. The van der Waals surface area contributed by atoms with Gasteiger partial charge in [-0.3, -0.25) is 4.79 Å². The quantitative estimate of drug-likeness (QED) is 0.723. The van der Waals surface area contributed by atoms with Gasteiger partial charge in [-0.05, 0) is 11.6 Å². The van der Waals surface area contributed by atoms with Crippen molar-refractivity contribution in [3.63, 3.8) is 0 Å². The lowest BCUT2D eigenvalue weighted by atomic mass is 9.85. The molecule has 18 heavy (non-hydrogen) atoms. The van der Waals surface area contributed by atoms with Crippen molar-refractivity contribution >= 4 is 11.9 Å². The van der Waals surface area contributed by atoms with Gasteiger partial charge in [-0.1, -0.05) is 51.1 Å². The van der Waals surface area contributed by atoms with E-state index in [1.165, 1.54) is 32.9 Å². The third kappa shape index (κ3) is 3.72. The average molecular weight is 256 g/mol. The highest BCUT2D eigenvalue weighted by molar-refractivity contribution is 6.03. The van der Waals surface area contributed by atoms with E-state index in [0.29, 0.717) is 5.56 Å². The number of benzene rings is 1. The topological polar surface area (TPSA) is 17.1 Å². The van der Waals surface area contributed by atoms with Crippen molar-refractivity contribution in [2.75, 3.05) is 0 Å². The summed E-state index contributed by atoms with van der Waals surface area (Å²) in [6.07, 6.45) is -3.74. The fourth-order valence-electron chi connectivity index (χ4n) is 1.40. The molecule has 0 fully saturated rings. The van der Waals surface area contributed by atoms with Crippen LogP contribution in [0.2, 0.25) is 0 Å². The first-order valence-electron chi connectivity index (χ1n) is 5.51. The van der Waals surface area contributed by atoms with Crippen LogP contribution in [0.25, 0.3) is 6.08 Å². The Morgan fingerprint density at radius 3 is 1.94 bits per heavy atom. The fourth-order valence-corrected chi connectivity index (χ4v) is 1.40.